The normalized spacial score (nSPS) is 17.3. The van der Waals surface area contributed by atoms with Crippen LogP contribution in [0.15, 0.2) is 72.9 Å². The van der Waals surface area contributed by atoms with E-state index in [9.17, 15) is 21.6 Å². The van der Waals surface area contributed by atoms with Crippen LogP contribution in [0, 0.1) is 13.8 Å². The number of thiocarbonyl (C=S) groups is 1. The fraction of sp³-hybridized carbons (Fsp3) is 0.241. The number of hydrogen-bond acceptors (Lipinski definition) is 5. The second-order valence-corrected chi connectivity index (χ2v) is 12.1. The van der Waals surface area contributed by atoms with E-state index in [0.717, 1.165) is 17.9 Å². The van der Waals surface area contributed by atoms with Gasteiger partial charge in [-0.05, 0) is 80.2 Å². The number of rotatable bonds is 7. The highest BCUT2D eigenvalue weighted by Gasteiger charge is 2.43. The minimum absolute atomic E-state index is 0.0183. The van der Waals surface area contributed by atoms with Gasteiger partial charge in [-0.1, -0.05) is 18.2 Å². The molecule has 220 valence electrons. The minimum Gasteiger partial charge on any atom is -0.495 e. The zero-order valence-electron chi connectivity index (χ0n) is 23.1. The maximum Gasteiger partial charge on any atom is 0.418 e. The minimum atomic E-state index is -4.55. The molecule has 0 spiro atoms. The summed E-state index contributed by atoms with van der Waals surface area (Å²) in [4.78, 5) is 6.36. The summed E-state index contributed by atoms with van der Waals surface area (Å²) in [6, 6.07) is 16.7. The highest BCUT2D eigenvalue weighted by Crippen LogP contribution is 2.46. The summed E-state index contributed by atoms with van der Waals surface area (Å²) in [5, 5.41) is 3.67. The molecule has 5 rings (SSSR count). The highest BCUT2D eigenvalue weighted by molar-refractivity contribution is 7.92. The van der Waals surface area contributed by atoms with Gasteiger partial charge in [0.2, 0.25) is 10.0 Å². The van der Waals surface area contributed by atoms with E-state index in [2.05, 4.69) is 15.0 Å². The van der Waals surface area contributed by atoms with Crippen molar-refractivity contribution in [3.63, 3.8) is 0 Å². The van der Waals surface area contributed by atoms with Crippen LogP contribution in [0.1, 0.15) is 40.3 Å². The lowest BCUT2D eigenvalue weighted by Crippen LogP contribution is -2.29. The number of methoxy groups -OCH3 is 1. The Labute approximate surface area is 247 Å². The van der Waals surface area contributed by atoms with Crippen molar-refractivity contribution in [2.45, 2.75) is 32.1 Å². The van der Waals surface area contributed by atoms with Gasteiger partial charge in [-0.25, -0.2) is 8.42 Å². The van der Waals surface area contributed by atoms with Crippen molar-refractivity contribution in [1.29, 1.82) is 0 Å². The van der Waals surface area contributed by atoms with Crippen LogP contribution >= 0.6 is 12.2 Å². The molecule has 1 fully saturated rings. The van der Waals surface area contributed by atoms with Crippen LogP contribution in [0.25, 0.3) is 5.69 Å². The molecule has 2 aromatic heterocycles. The molecule has 0 amide bonds. The number of anilines is 2. The molecular formula is C29H28F3N5O3S2. The van der Waals surface area contributed by atoms with E-state index < -0.39 is 33.8 Å². The van der Waals surface area contributed by atoms with Crippen LogP contribution in [0.4, 0.5) is 24.5 Å². The van der Waals surface area contributed by atoms with Gasteiger partial charge in [-0.2, -0.15) is 13.2 Å². The zero-order valence-corrected chi connectivity index (χ0v) is 24.7. The molecule has 1 saturated heterocycles. The number of halogens is 3. The van der Waals surface area contributed by atoms with Gasteiger partial charge < -0.3 is 19.5 Å². The monoisotopic (exact) mass is 615 g/mol. The van der Waals surface area contributed by atoms with Gasteiger partial charge in [0.15, 0.2) is 5.11 Å². The van der Waals surface area contributed by atoms with Crippen molar-refractivity contribution in [1.82, 2.24) is 14.9 Å². The Balaban J connectivity index is 1.71. The van der Waals surface area contributed by atoms with E-state index in [4.69, 9.17) is 17.0 Å². The Morgan fingerprint density at radius 3 is 2.40 bits per heavy atom. The van der Waals surface area contributed by atoms with Crippen LogP contribution in [0.5, 0.6) is 5.75 Å². The van der Waals surface area contributed by atoms with E-state index in [0.29, 0.717) is 33.6 Å². The first-order valence-corrected chi connectivity index (χ1v) is 15.1. The van der Waals surface area contributed by atoms with Gasteiger partial charge >= 0.3 is 6.18 Å². The molecule has 1 aliphatic heterocycles. The Morgan fingerprint density at radius 1 is 1.05 bits per heavy atom. The van der Waals surface area contributed by atoms with Gasteiger partial charge in [0, 0.05) is 23.3 Å². The first-order chi connectivity index (χ1) is 19.8. The lowest BCUT2D eigenvalue weighted by Gasteiger charge is -2.29. The first kappa shape index (κ1) is 29.4. The summed E-state index contributed by atoms with van der Waals surface area (Å²) >= 11 is 5.80. The number of aryl methyl sites for hydroxylation is 1. The average molecular weight is 616 g/mol. The quantitative estimate of drug-likeness (QED) is 0.244. The molecule has 42 heavy (non-hydrogen) atoms. The summed E-state index contributed by atoms with van der Waals surface area (Å²) in [5.41, 5.74) is 2.62. The molecule has 0 aliphatic carbocycles. The molecule has 2 atom stereocenters. The summed E-state index contributed by atoms with van der Waals surface area (Å²) in [6.07, 6.45) is -1.86. The number of ether oxygens (including phenoxy) is 1. The predicted molar refractivity (Wildman–Crippen MR) is 160 cm³/mol. The number of sulfonamides is 1. The molecule has 0 radical (unpaired) electrons. The topological polar surface area (TPSA) is 88.5 Å². The van der Waals surface area contributed by atoms with Crippen LogP contribution in [-0.2, 0) is 16.2 Å². The van der Waals surface area contributed by atoms with Crippen molar-refractivity contribution in [2.75, 3.05) is 23.0 Å². The van der Waals surface area contributed by atoms with Crippen LogP contribution in [-0.4, -0.2) is 36.4 Å². The summed E-state index contributed by atoms with van der Waals surface area (Å²) < 4.78 is 75.7. The molecule has 3 heterocycles. The predicted octanol–water partition coefficient (Wildman–Crippen LogP) is 6.07. The Bertz CT molecular complexity index is 1760. The first-order valence-electron chi connectivity index (χ1n) is 12.8. The van der Waals surface area contributed by atoms with E-state index in [1.807, 2.05) is 23.1 Å². The zero-order chi connectivity index (χ0) is 30.4. The fourth-order valence-electron chi connectivity index (χ4n) is 5.44. The molecule has 13 heteroatoms. The third-order valence-electron chi connectivity index (χ3n) is 7.09. The molecule has 0 saturated carbocycles. The lowest BCUT2D eigenvalue weighted by molar-refractivity contribution is -0.137. The third-order valence-corrected chi connectivity index (χ3v) is 8.00. The van der Waals surface area contributed by atoms with Crippen LogP contribution < -0.4 is 19.7 Å². The van der Waals surface area contributed by atoms with E-state index >= 15 is 0 Å². The highest BCUT2D eigenvalue weighted by atomic mass is 32.2. The molecule has 2 N–H and O–H groups in total. The van der Waals surface area contributed by atoms with Gasteiger partial charge in [0.1, 0.15) is 5.75 Å². The third kappa shape index (κ3) is 5.53. The largest absolute Gasteiger partial charge is 0.495 e. The number of benzene rings is 2. The summed E-state index contributed by atoms with van der Waals surface area (Å²) in [5.74, 6) is 0.307. The number of alkyl halides is 3. The fourth-order valence-corrected chi connectivity index (χ4v) is 6.35. The number of nitrogens with zero attached hydrogens (tertiary/aromatic N) is 3. The number of pyridine rings is 1. The van der Waals surface area contributed by atoms with Gasteiger partial charge in [-0.3, -0.25) is 9.71 Å². The lowest BCUT2D eigenvalue weighted by atomic mass is 9.96. The second kappa shape index (κ2) is 11.0. The molecule has 1 aliphatic rings. The molecular weight excluding hydrogens is 587 g/mol. The van der Waals surface area contributed by atoms with Gasteiger partial charge in [-0.15, -0.1) is 0 Å². The molecule has 8 nitrogen and oxygen atoms in total. The Kier molecular flexibility index (Phi) is 7.66. The van der Waals surface area contributed by atoms with Crippen molar-refractivity contribution in [3.05, 3.63) is 101 Å². The SMILES string of the molecule is COc1ccc(N2C(=S)N[C@H](c3ccccn3)[C@H]2c2cc(C)n(-c3ccccc3C(F)(F)F)c2C)cc1NS(C)(=O)=O. The summed E-state index contributed by atoms with van der Waals surface area (Å²) in [7, 11) is -2.21. The van der Waals surface area contributed by atoms with Crippen LogP contribution in [0.3, 0.4) is 0 Å². The van der Waals surface area contributed by atoms with Crippen molar-refractivity contribution >= 4 is 38.7 Å². The van der Waals surface area contributed by atoms with Crippen molar-refractivity contribution < 1.29 is 26.3 Å². The van der Waals surface area contributed by atoms with Gasteiger partial charge in [0.05, 0.1) is 48.1 Å². The van der Waals surface area contributed by atoms with Crippen LogP contribution in [0.2, 0.25) is 0 Å². The molecule has 4 aromatic rings. The Hall–Kier alpha value is -4.10. The van der Waals surface area contributed by atoms with E-state index in [1.165, 1.54) is 19.2 Å². The number of para-hydroxylation sites is 1. The smallest absolute Gasteiger partial charge is 0.418 e. The summed E-state index contributed by atoms with van der Waals surface area (Å²) in [6.45, 7) is 3.53. The average Bonchev–Trinajstić information content (AvgIpc) is 3.42. The number of hydrogen-bond donors (Lipinski definition) is 2. The van der Waals surface area contributed by atoms with E-state index in [-0.39, 0.29) is 11.4 Å². The molecule has 2 aromatic carbocycles. The van der Waals surface area contributed by atoms with Gasteiger partial charge in [0.25, 0.3) is 0 Å². The van der Waals surface area contributed by atoms with Crippen molar-refractivity contribution in [3.8, 4) is 11.4 Å². The second-order valence-electron chi connectivity index (χ2n) is 9.93. The molecule has 0 unspecified atom stereocenters. The molecule has 0 bridgehead atoms. The number of nitrogens with one attached hydrogen (secondary N) is 2. The van der Waals surface area contributed by atoms with Crippen molar-refractivity contribution in [2.24, 2.45) is 0 Å². The van der Waals surface area contributed by atoms with E-state index in [1.54, 1.807) is 54.9 Å². The number of aromatic nitrogens is 2. The maximum atomic E-state index is 14.0. The Morgan fingerprint density at radius 2 is 1.76 bits per heavy atom. The standard InChI is InChI=1S/C29H28F3N5O3S2/c1-17-15-20(18(2)36(17)24-11-6-5-9-21(24)29(30,31)32)27-26(22-10-7-8-14-33-22)34-28(41)37(27)19-12-13-25(40-3)23(16-19)35-42(4,38)39/h5-16,26-27,35H,1-4H3,(H,34,41)/t26-,27-/m1/s1. The maximum absolute atomic E-state index is 14.0.